The summed E-state index contributed by atoms with van der Waals surface area (Å²) < 4.78 is 0. The Labute approximate surface area is 127 Å². The fraction of sp³-hybridized carbons (Fsp3) is 0.250. The second kappa shape index (κ2) is 4.70. The number of rotatable bonds is 2. The van der Waals surface area contributed by atoms with Gasteiger partial charge in [-0.25, -0.2) is 0 Å². The molecule has 2 aromatic rings. The zero-order valence-electron chi connectivity index (χ0n) is 12.1. The highest BCUT2D eigenvalue weighted by atomic mass is 32.1. The molecule has 0 saturated carbocycles. The van der Waals surface area contributed by atoms with E-state index in [0.29, 0.717) is 16.8 Å². The summed E-state index contributed by atoms with van der Waals surface area (Å²) in [7, 11) is 0. The van der Waals surface area contributed by atoms with E-state index in [-0.39, 0.29) is 17.9 Å². The molecule has 2 heterocycles. The van der Waals surface area contributed by atoms with Crippen LogP contribution in [0.1, 0.15) is 49.0 Å². The quantitative estimate of drug-likeness (QED) is 0.683. The number of nitrogens with two attached hydrogens (primary N) is 1. The summed E-state index contributed by atoms with van der Waals surface area (Å²) in [5.74, 6) is -0.510. The van der Waals surface area contributed by atoms with Gasteiger partial charge in [-0.1, -0.05) is 0 Å². The van der Waals surface area contributed by atoms with Gasteiger partial charge in [0.2, 0.25) is 0 Å². The predicted molar refractivity (Wildman–Crippen MR) is 83.6 cm³/mol. The minimum atomic E-state index is -0.274. The molecule has 108 valence electrons. The highest BCUT2D eigenvalue weighted by Crippen LogP contribution is 2.35. The van der Waals surface area contributed by atoms with Crippen molar-refractivity contribution in [2.75, 3.05) is 5.73 Å². The van der Waals surface area contributed by atoms with Crippen LogP contribution in [0.4, 0.5) is 5.69 Å². The van der Waals surface area contributed by atoms with Crippen LogP contribution in [0.2, 0.25) is 0 Å². The van der Waals surface area contributed by atoms with Crippen molar-refractivity contribution in [3.63, 3.8) is 0 Å². The molecule has 1 aliphatic heterocycles. The highest BCUT2D eigenvalue weighted by molar-refractivity contribution is 7.12. The van der Waals surface area contributed by atoms with Crippen molar-refractivity contribution < 1.29 is 9.59 Å². The van der Waals surface area contributed by atoms with E-state index in [1.807, 2.05) is 26.8 Å². The summed E-state index contributed by atoms with van der Waals surface area (Å²) in [5, 5.41) is 0. The molecule has 0 aliphatic carbocycles. The molecule has 1 aromatic heterocycles. The molecule has 4 nitrogen and oxygen atoms in total. The molecule has 2 N–H and O–H groups in total. The lowest BCUT2D eigenvalue weighted by atomic mass is 10.1. The van der Waals surface area contributed by atoms with Crippen molar-refractivity contribution in [3.05, 3.63) is 50.7 Å². The molecular formula is C16H16N2O2S. The normalized spacial score (nSPS) is 15.5. The molecule has 0 saturated heterocycles. The van der Waals surface area contributed by atoms with Gasteiger partial charge in [0.05, 0.1) is 17.2 Å². The molecule has 0 radical (unpaired) electrons. The third kappa shape index (κ3) is 2.05. The predicted octanol–water partition coefficient (Wildman–Crippen LogP) is 3.30. The second-order valence-electron chi connectivity index (χ2n) is 5.33. The topological polar surface area (TPSA) is 63.4 Å². The molecule has 21 heavy (non-hydrogen) atoms. The third-order valence-electron chi connectivity index (χ3n) is 3.86. The zero-order chi connectivity index (χ0) is 15.3. The number of amides is 2. The molecule has 1 aromatic carbocycles. The molecule has 3 rings (SSSR count). The number of hydrogen-bond donors (Lipinski definition) is 1. The van der Waals surface area contributed by atoms with Crippen LogP contribution in [0.5, 0.6) is 0 Å². The Morgan fingerprint density at radius 1 is 1.10 bits per heavy atom. The fourth-order valence-electron chi connectivity index (χ4n) is 2.83. The number of fused-ring (bicyclic) bond motifs is 1. The van der Waals surface area contributed by atoms with Crippen LogP contribution in [-0.2, 0) is 0 Å². The minimum absolute atomic E-state index is 0.245. The van der Waals surface area contributed by atoms with Gasteiger partial charge in [0.15, 0.2) is 0 Å². The van der Waals surface area contributed by atoms with Crippen LogP contribution >= 0.6 is 11.3 Å². The van der Waals surface area contributed by atoms with E-state index >= 15 is 0 Å². The summed E-state index contributed by atoms with van der Waals surface area (Å²) >= 11 is 1.68. The summed E-state index contributed by atoms with van der Waals surface area (Å²) in [6, 6.07) is 6.63. The standard InChI is InChI=1S/C16H16N2O2S/c1-8-6-13(10(3)21-8)9(2)18-15(19)12-5-4-11(17)7-14(12)16(18)20/h4-7,9H,17H2,1-3H3. The lowest BCUT2D eigenvalue weighted by Gasteiger charge is -2.22. The maximum absolute atomic E-state index is 12.5. The zero-order valence-corrected chi connectivity index (χ0v) is 13.0. The Balaban J connectivity index is 2.03. The van der Waals surface area contributed by atoms with Gasteiger partial charge in [-0.3, -0.25) is 14.5 Å². The number of benzene rings is 1. The van der Waals surface area contributed by atoms with Gasteiger partial charge in [-0.2, -0.15) is 0 Å². The van der Waals surface area contributed by atoms with Crippen molar-refractivity contribution in [1.29, 1.82) is 0 Å². The number of carbonyl (C=O) groups excluding carboxylic acids is 2. The number of imide groups is 1. The number of aryl methyl sites for hydroxylation is 2. The molecule has 1 atom stereocenters. The van der Waals surface area contributed by atoms with Gasteiger partial charge in [-0.15, -0.1) is 11.3 Å². The van der Waals surface area contributed by atoms with E-state index in [4.69, 9.17) is 5.73 Å². The van der Waals surface area contributed by atoms with Gasteiger partial charge in [0.1, 0.15) is 0 Å². The van der Waals surface area contributed by atoms with Gasteiger partial charge in [0.25, 0.3) is 11.8 Å². The van der Waals surface area contributed by atoms with Gasteiger partial charge in [0, 0.05) is 15.4 Å². The summed E-state index contributed by atoms with van der Waals surface area (Å²) in [4.78, 5) is 28.7. The van der Waals surface area contributed by atoms with Crippen LogP contribution in [0.25, 0.3) is 0 Å². The Hall–Kier alpha value is -2.14. The molecule has 0 spiro atoms. The number of nitrogen functional groups attached to an aromatic ring is 1. The van der Waals surface area contributed by atoms with Crippen molar-refractivity contribution in [3.8, 4) is 0 Å². The lowest BCUT2D eigenvalue weighted by molar-refractivity contribution is 0.0595. The molecule has 5 heteroatoms. The average Bonchev–Trinajstić information content (AvgIpc) is 2.88. The Kier molecular flexibility index (Phi) is 3.10. The molecule has 0 fully saturated rings. The van der Waals surface area contributed by atoms with Crippen molar-refractivity contribution >= 4 is 28.8 Å². The van der Waals surface area contributed by atoms with Crippen LogP contribution < -0.4 is 5.73 Å². The minimum Gasteiger partial charge on any atom is -0.399 e. The molecule has 2 amide bonds. The largest absolute Gasteiger partial charge is 0.399 e. The van der Waals surface area contributed by atoms with Crippen LogP contribution in [0.3, 0.4) is 0 Å². The Bertz CT molecular complexity index is 764. The maximum Gasteiger partial charge on any atom is 0.262 e. The number of thiophene rings is 1. The van der Waals surface area contributed by atoms with E-state index in [1.54, 1.807) is 29.5 Å². The van der Waals surface area contributed by atoms with Gasteiger partial charge < -0.3 is 5.73 Å². The first-order valence-corrected chi connectivity index (χ1v) is 7.56. The average molecular weight is 300 g/mol. The van der Waals surface area contributed by atoms with E-state index < -0.39 is 0 Å². The monoisotopic (exact) mass is 300 g/mol. The van der Waals surface area contributed by atoms with Gasteiger partial charge >= 0.3 is 0 Å². The lowest BCUT2D eigenvalue weighted by Crippen LogP contribution is -2.32. The molecule has 0 bridgehead atoms. The van der Waals surface area contributed by atoms with Crippen molar-refractivity contribution in [2.24, 2.45) is 0 Å². The van der Waals surface area contributed by atoms with Crippen molar-refractivity contribution in [1.82, 2.24) is 4.90 Å². The van der Waals surface area contributed by atoms with E-state index in [1.165, 1.54) is 9.78 Å². The summed E-state index contributed by atoms with van der Waals surface area (Å²) in [5.41, 5.74) is 8.07. The number of nitrogens with zero attached hydrogens (tertiary/aromatic N) is 1. The number of hydrogen-bond acceptors (Lipinski definition) is 4. The first kappa shape index (κ1) is 13.8. The number of carbonyl (C=O) groups is 2. The van der Waals surface area contributed by atoms with Crippen LogP contribution in [-0.4, -0.2) is 16.7 Å². The maximum atomic E-state index is 12.5. The van der Waals surface area contributed by atoms with Crippen LogP contribution in [0, 0.1) is 13.8 Å². The summed E-state index contributed by atoms with van der Waals surface area (Å²) in [6.45, 7) is 5.93. The summed E-state index contributed by atoms with van der Waals surface area (Å²) in [6.07, 6.45) is 0. The van der Waals surface area contributed by atoms with E-state index in [2.05, 4.69) is 0 Å². The van der Waals surface area contributed by atoms with Crippen molar-refractivity contribution in [2.45, 2.75) is 26.8 Å². The Morgan fingerprint density at radius 3 is 2.38 bits per heavy atom. The van der Waals surface area contributed by atoms with E-state index in [0.717, 1.165) is 10.4 Å². The third-order valence-corrected chi connectivity index (χ3v) is 4.84. The second-order valence-corrected chi connectivity index (χ2v) is 6.79. The molecular weight excluding hydrogens is 284 g/mol. The van der Waals surface area contributed by atoms with E-state index in [9.17, 15) is 9.59 Å². The fourth-order valence-corrected chi connectivity index (χ4v) is 3.85. The highest BCUT2D eigenvalue weighted by Gasteiger charge is 2.39. The molecule has 1 unspecified atom stereocenters. The smallest absolute Gasteiger partial charge is 0.262 e. The number of anilines is 1. The SMILES string of the molecule is Cc1cc(C(C)N2C(=O)c3ccc(N)cc3C2=O)c(C)s1. The Morgan fingerprint density at radius 2 is 1.76 bits per heavy atom. The first-order chi connectivity index (χ1) is 9.90. The first-order valence-electron chi connectivity index (χ1n) is 6.74. The molecule has 1 aliphatic rings. The van der Waals surface area contributed by atoms with Gasteiger partial charge in [-0.05, 0) is 50.6 Å². The van der Waals surface area contributed by atoms with Crippen LogP contribution in [0.15, 0.2) is 24.3 Å².